The summed E-state index contributed by atoms with van der Waals surface area (Å²) in [5.74, 6) is 0.942. The van der Waals surface area contributed by atoms with Crippen LogP contribution in [0.3, 0.4) is 0 Å². The Kier molecular flexibility index (Phi) is 5.72. The van der Waals surface area contributed by atoms with E-state index >= 15 is 0 Å². The fourth-order valence-electron chi connectivity index (χ4n) is 2.24. The molecule has 0 bridgehead atoms. The van der Waals surface area contributed by atoms with Crippen LogP contribution in [0.2, 0.25) is 0 Å². The van der Waals surface area contributed by atoms with Crippen molar-refractivity contribution in [1.29, 1.82) is 0 Å². The van der Waals surface area contributed by atoms with Gasteiger partial charge in [0.1, 0.15) is 0 Å². The van der Waals surface area contributed by atoms with Crippen molar-refractivity contribution >= 4 is 18.0 Å². The van der Waals surface area contributed by atoms with Gasteiger partial charge in [-0.05, 0) is 36.8 Å². The van der Waals surface area contributed by atoms with Crippen LogP contribution < -0.4 is 0 Å². The summed E-state index contributed by atoms with van der Waals surface area (Å²) in [5.41, 5.74) is 2.40. The van der Waals surface area contributed by atoms with Crippen molar-refractivity contribution in [2.24, 2.45) is 4.99 Å². The van der Waals surface area contributed by atoms with Gasteiger partial charge in [0.25, 0.3) is 0 Å². The molecule has 2 aromatic carbocycles. The Morgan fingerprint density at radius 2 is 1.50 bits per heavy atom. The van der Waals surface area contributed by atoms with Crippen LogP contribution in [0.1, 0.15) is 17.2 Å². The summed E-state index contributed by atoms with van der Waals surface area (Å²) < 4.78 is 0. The first-order valence-corrected chi connectivity index (χ1v) is 8.38. The quantitative estimate of drug-likeness (QED) is 0.688. The maximum atomic E-state index is 4.82. The summed E-state index contributed by atoms with van der Waals surface area (Å²) in [4.78, 5) is 4.82. The molecule has 0 amide bonds. The second kappa shape index (κ2) is 8.19. The summed E-state index contributed by atoms with van der Waals surface area (Å²) in [5, 5.41) is 1.30. The third-order valence-corrected chi connectivity index (χ3v) is 4.52. The van der Waals surface area contributed by atoms with Crippen LogP contribution in [0, 0.1) is 30.9 Å². The molecule has 1 saturated carbocycles. The number of aliphatic imine (C=N–C) groups is 1. The topological polar surface area (TPSA) is 12.4 Å². The lowest BCUT2D eigenvalue weighted by Gasteiger charge is -2.15. The molecule has 5 radical (unpaired) electrons. The van der Waals surface area contributed by atoms with Crippen LogP contribution in [0.15, 0.2) is 65.7 Å². The van der Waals surface area contributed by atoms with Gasteiger partial charge in [0.05, 0.1) is 6.04 Å². The van der Waals surface area contributed by atoms with Gasteiger partial charge in [-0.15, -0.1) is 0 Å². The van der Waals surface area contributed by atoms with E-state index in [0.29, 0.717) is 0 Å². The van der Waals surface area contributed by atoms with Crippen molar-refractivity contribution in [2.45, 2.75) is 6.04 Å². The minimum atomic E-state index is 0.168. The maximum absolute atomic E-state index is 4.82. The van der Waals surface area contributed by atoms with Crippen molar-refractivity contribution in [2.75, 3.05) is 5.75 Å². The van der Waals surface area contributed by atoms with Gasteiger partial charge in [0.2, 0.25) is 0 Å². The molecule has 1 nitrogen and oxygen atoms in total. The first-order valence-electron chi connectivity index (χ1n) is 7.39. The van der Waals surface area contributed by atoms with E-state index in [-0.39, 0.29) is 6.04 Å². The molecule has 2 heteroatoms. The minimum Gasteiger partial charge on any atom is -0.284 e. The van der Waals surface area contributed by atoms with E-state index < -0.39 is 0 Å². The molecule has 1 aliphatic carbocycles. The molecule has 1 fully saturated rings. The lowest BCUT2D eigenvalue weighted by molar-refractivity contribution is 0.839. The number of thioether (sulfide) groups is 1. The van der Waals surface area contributed by atoms with Gasteiger partial charge in [0, 0.05) is 17.2 Å². The van der Waals surface area contributed by atoms with Gasteiger partial charge in [0.15, 0.2) is 0 Å². The Hall–Kier alpha value is -1.54. The van der Waals surface area contributed by atoms with E-state index in [0.717, 1.165) is 11.3 Å². The highest BCUT2D eigenvalue weighted by Crippen LogP contribution is 2.36. The number of benzene rings is 2. The SMILES string of the molecule is [CH]1[CH][CH][C](SC[C@@H](N=Cc2ccccc2)c2ccccc2)[CH]1. The smallest absolute Gasteiger partial charge is 0.0839 e. The Balaban J connectivity index is 1.69. The van der Waals surface area contributed by atoms with Gasteiger partial charge < -0.3 is 0 Å². The lowest BCUT2D eigenvalue weighted by Crippen LogP contribution is -2.02. The van der Waals surface area contributed by atoms with Crippen molar-refractivity contribution < 1.29 is 0 Å². The normalized spacial score (nSPS) is 17.1. The molecule has 0 aliphatic heterocycles. The Bertz CT molecular complexity index is 573. The molecular formula is C20H18NS. The minimum absolute atomic E-state index is 0.168. The molecule has 3 rings (SSSR count). The van der Waals surface area contributed by atoms with E-state index in [9.17, 15) is 0 Å². The Labute approximate surface area is 137 Å². The van der Waals surface area contributed by atoms with E-state index in [1.807, 2.05) is 42.2 Å². The summed E-state index contributed by atoms with van der Waals surface area (Å²) in [6, 6.07) is 20.9. The summed E-state index contributed by atoms with van der Waals surface area (Å²) >= 11 is 1.85. The van der Waals surface area contributed by atoms with Crippen molar-refractivity contribution in [3.05, 3.63) is 103 Å². The summed E-state index contributed by atoms with van der Waals surface area (Å²) in [7, 11) is 0. The molecule has 22 heavy (non-hydrogen) atoms. The second-order valence-electron chi connectivity index (χ2n) is 5.05. The number of rotatable bonds is 6. The monoisotopic (exact) mass is 304 g/mol. The molecule has 0 saturated heterocycles. The van der Waals surface area contributed by atoms with Gasteiger partial charge in [-0.3, -0.25) is 4.99 Å². The number of hydrogen-bond acceptors (Lipinski definition) is 2. The van der Waals surface area contributed by atoms with Crippen LogP contribution in [-0.4, -0.2) is 12.0 Å². The molecule has 109 valence electrons. The zero-order valence-electron chi connectivity index (χ0n) is 12.3. The van der Waals surface area contributed by atoms with E-state index in [2.05, 4.69) is 62.1 Å². The van der Waals surface area contributed by atoms with Crippen LogP contribution in [0.5, 0.6) is 0 Å². The van der Waals surface area contributed by atoms with Gasteiger partial charge >= 0.3 is 0 Å². The Morgan fingerprint density at radius 3 is 2.18 bits per heavy atom. The highest BCUT2D eigenvalue weighted by atomic mass is 32.2. The van der Waals surface area contributed by atoms with Crippen LogP contribution in [0.4, 0.5) is 0 Å². The van der Waals surface area contributed by atoms with E-state index in [1.165, 1.54) is 10.8 Å². The molecule has 0 N–H and O–H groups in total. The van der Waals surface area contributed by atoms with Crippen LogP contribution in [0.25, 0.3) is 0 Å². The molecule has 1 aliphatic rings. The zero-order chi connectivity index (χ0) is 15.0. The molecule has 0 unspecified atom stereocenters. The van der Waals surface area contributed by atoms with Crippen molar-refractivity contribution in [3.63, 3.8) is 0 Å². The average Bonchev–Trinajstić information content (AvgIpc) is 3.10. The van der Waals surface area contributed by atoms with E-state index in [4.69, 9.17) is 4.99 Å². The third-order valence-electron chi connectivity index (χ3n) is 3.43. The van der Waals surface area contributed by atoms with Crippen molar-refractivity contribution in [1.82, 2.24) is 0 Å². The molecule has 0 heterocycles. The second-order valence-corrected chi connectivity index (χ2v) is 6.14. The highest BCUT2D eigenvalue weighted by molar-refractivity contribution is 8.02. The highest BCUT2D eigenvalue weighted by Gasteiger charge is 2.19. The summed E-state index contributed by atoms with van der Waals surface area (Å²) in [6.45, 7) is 0. The molecule has 0 spiro atoms. The van der Waals surface area contributed by atoms with Crippen molar-refractivity contribution in [3.8, 4) is 0 Å². The van der Waals surface area contributed by atoms with Gasteiger partial charge in [-0.2, -0.15) is 11.8 Å². The predicted octanol–water partition coefficient (Wildman–Crippen LogP) is 4.94. The van der Waals surface area contributed by atoms with Gasteiger partial charge in [-0.25, -0.2) is 0 Å². The average molecular weight is 304 g/mol. The van der Waals surface area contributed by atoms with Gasteiger partial charge in [-0.1, -0.05) is 60.7 Å². The third kappa shape index (κ3) is 4.48. The fourth-order valence-corrected chi connectivity index (χ4v) is 3.22. The predicted molar refractivity (Wildman–Crippen MR) is 96.1 cm³/mol. The first-order chi connectivity index (χ1) is 10.9. The zero-order valence-corrected chi connectivity index (χ0v) is 13.1. The summed E-state index contributed by atoms with van der Waals surface area (Å²) in [6.07, 6.45) is 10.4. The lowest BCUT2D eigenvalue weighted by atomic mass is 10.1. The fraction of sp³-hybridized carbons (Fsp3) is 0.100. The number of nitrogens with zero attached hydrogens (tertiary/aromatic N) is 1. The standard InChI is InChI=1S/C20H18NS/c1-3-9-17(10-4-1)15-21-20(18-11-5-2-6-12-18)16-22-19-13-7-8-14-19/h1-15,20H,16H2/t20-/m1/s1. The van der Waals surface area contributed by atoms with E-state index in [1.54, 1.807) is 0 Å². The largest absolute Gasteiger partial charge is 0.284 e. The first kappa shape index (κ1) is 15.4. The number of hydrogen-bond donors (Lipinski definition) is 0. The molecule has 0 aromatic heterocycles. The van der Waals surface area contributed by atoms with Crippen LogP contribution in [-0.2, 0) is 0 Å². The Morgan fingerprint density at radius 1 is 0.864 bits per heavy atom. The molecule has 2 aromatic rings. The van der Waals surface area contributed by atoms with Crippen LogP contribution >= 0.6 is 11.8 Å². The molecular weight excluding hydrogens is 286 g/mol. The molecule has 1 atom stereocenters. The maximum Gasteiger partial charge on any atom is 0.0839 e.